The third kappa shape index (κ3) is 2.19. The first-order chi connectivity index (χ1) is 9.31. The number of nitrogens with one attached hydrogen (secondary N) is 1. The van der Waals surface area contributed by atoms with Gasteiger partial charge in [-0.3, -0.25) is 0 Å². The first kappa shape index (κ1) is 12.1. The zero-order valence-electron chi connectivity index (χ0n) is 11.1. The Bertz CT molecular complexity index is 541. The van der Waals surface area contributed by atoms with Gasteiger partial charge in [-0.2, -0.15) is 4.98 Å². The zero-order chi connectivity index (χ0) is 13.2. The van der Waals surface area contributed by atoms with Crippen molar-refractivity contribution in [3.05, 3.63) is 6.20 Å². The van der Waals surface area contributed by atoms with E-state index in [-0.39, 0.29) is 0 Å². The molecule has 0 unspecified atom stereocenters. The Kier molecular flexibility index (Phi) is 3.16. The summed E-state index contributed by atoms with van der Waals surface area (Å²) in [6.45, 7) is 7.65. The molecule has 0 aliphatic carbocycles. The lowest BCUT2D eigenvalue weighted by atomic mass is 10.2. The summed E-state index contributed by atoms with van der Waals surface area (Å²) in [5.74, 6) is 1.01. The van der Waals surface area contributed by atoms with Crippen molar-refractivity contribution in [2.45, 2.75) is 19.9 Å². The molecule has 2 aromatic heterocycles. The van der Waals surface area contributed by atoms with E-state index in [1.807, 2.05) is 15.8 Å². The number of aromatic nitrogens is 5. The maximum absolute atomic E-state index is 5.25. The predicted octanol–water partition coefficient (Wildman–Crippen LogP) is 0.319. The Morgan fingerprint density at radius 1 is 1.42 bits per heavy atom. The molecule has 0 radical (unpaired) electrons. The molecule has 0 atom stereocenters. The van der Waals surface area contributed by atoms with Crippen LogP contribution in [0.5, 0.6) is 0 Å². The maximum Gasteiger partial charge on any atom is 0.281 e. The monoisotopic (exact) mass is 263 g/mol. The van der Waals surface area contributed by atoms with Crippen molar-refractivity contribution < 1.29 is 4.52 Å². The zero-order valence-corrected chi connectivity index (χ0v) is 11.1. The molecule has 1 aliphatic rings. The normalized spacial score (nSPS) is 15.5. The van der Waals surface area contributed by atoms with Crippen molar-refractivity contribution in [2.24, 2.45) is 0 Å². The molecule has 0 spiro atoms. The highest BCUT2D eigenvalue weighted by Gasteiger charge is 2.22. The van der Waals surface area contributed by atoms with Gasteiger partial charge in [-0.25, -0.2) is 4.68 Å². The highest BCUT2D eigenvalue weighted by atomic mass is 16.5. The molecule has 8 nitrogen and oxygen atoms in total. The number of anilines is 1. The first-order valence-electron chi connectivity index (χ1n) is 6.53. The summed E-state index contributed by atoms with van der Waals surface area (Å²) in [6, 6.07) is 0.381. The minimum absolute atomic E-state index is 0.381. The SMILES string of the molecule is CCN(CC)c1noc(-c2cn(C3CNC3)nn2)n1. The molecule has 0 saturated carbocycles. The van der Waals surface area contributed by atoms with E-state index in [9.17, 15) is 0 Å². The van der Waals surface area contributed by atoms with Gasteiger partial charge in [-0.1, -0.05) is 5.21 Å². The Hall–Kier alpha value is -1.96. The third-order valence-corrected chi connectivity index (χ3v) is 3.33. The lowest BCUT2D eigenvalue weighted by molar-refractivity contribution is 0.313. The van der Waals surface area contributed by atoms with Gasteiger partial charge in [0.2, 0.25) is 0 Å². The van der Waals surface area contributed by atoms with Crippen LogP contribution in [0, 0.1) is 0 Å². The number of hydrogen-bond donors (Lipinski definition) is 1. The number of nitrogens with zero attached hydrogens (tertiary/aromatic N) is 6. The van der Waals surface area contributed by atoms with Gasteiger partial charge in [-0.15, -0.1) is 5.10 Å². The largest absolute Gasteiger partial charge is 0.339 e. The van der Waals surface area contributed by atoms with Crippen LogP contribution in [0.4, 0.5) is 5.95 Å². The lowest BCUT2D eigenvalue weighted by Crippen LogP contribution is -2.43. The molecule has 2 aromatic rings. The quantitative estimate of drug-likeness (QED) is 0.831. The van der Waals surface area contributed by atoms with E-state index in [1.165, 1.54) is 0 Å². The van der Waals surface area contributed by atoms with Gasteiger partial charge in [0, 0.05) is 26.2 Å². The molecule has 0 bridgehead atoms. The minimum Gasteiger partial charge on any atom is -0.339 e. The van der Waals surface area contributed by atoms with Crippen LogP contribution in [-0.2, 0) is 0 Å². The summed E-state index contributed by atoms with van der Waals surface area (Å²) in [5, 5.41) is 15.3. The molecular formula is C11H17N7O. The predicted molar refractivity (Wildman–Crippen MR) is 68.8 cm³/mol. The van der Waals surface area contributed by atoms with Gasteiger partial charge in [0.1, 0.15) is 0 Å². The fraction of sp³-hybridized carbons (Fsp3) is 0.636. The molecule has 1 saturated heterocycles. The van der Waals surface area contributed by atoms with Crippen molar-refractivity contribution >= 4 is 5.95 Å². The van der Waals surface area contributed by atoms with E-state index in [0.29, 0.717) is 23.6 Å². The van der Waals surface area contributed by atoms with Gasteiger partial charge >= 0.3 is 0 Å². The van der Waals surface area contributed by atoms with Crippen LogP contribution in [0.15, 0.2) is 10.7 Å². The molecule has 0 aromatic carbocycles. The fourth-order valence-electron chi connectivity index (χ4n) is 1.97. The van der Waals surface area contributed by atoms with Crippen LogP contribution in [-0.4, -0.2) is 51.3 Å². The summed E-state index contributed by atoms with van der Waals surface area (Å²) in [7, 11) is 0. The van der Waals surface area contributed by atoms with Crippen molar-refractivity contribution in [1.29, 1.82) is 0 Å². The van der Waals surface area contributed by atoms with E-state index in [0.717, 1.165) is 26.2 Å². The van der Waals surface area contributed by atoms with Crippen LogP contribution >= 0.6 is 0 Å². The fourth-order valence-corrected chi connectivity index (χ4v) is 1.97. The second kappa shape index (κ2) is 4.96. The summed E-state index contributed by atoms with van der Waals surface area (Å²) in [5.41, 5.74) is 0.623. The maximum atomic E-state index is 5.25. The smallest absolute Gasteiger partial charge is 0.281 e. The molecule has 1 fully saturated rings. The van der Waals surface area contributed by atoms with Crippen LogP contribution in [0.3, 0.4) is 0 Å². The Morgan fingerprint density at radius 3 is 2.84 bits per heavy atom. The number of rotatable bonds is 5. The van der Waals surface area contributed by atoms with Crippen molar-refractivity contribution in [3.63, 3.8) is 0 Å². The molecule has 1 N–H and O–H groups in total. The topological polar surface area (TPSA) is 84.9 Å². The van der Waals surface area contributed by atoms with Gasteiger partial charge in [0.25, 0.3) is 11.8 Å². The molecule has 102 valence electrons. The molecule has 0 amide bonds. The molecule has 19 heavy (non-hydrogen) atoms. The lowest BCUT2D eigenvalue weighted by Gasteiger charge is -2.26. The highest BCUT2D eigenvalue weighted by molar-refractivity contribution is 5.46. The minimum atomic E-state index is 0.381. The molecule has 1 aliphatic heterocycles. The molecule has 8 heteroatoms. The Balaban J connectivity index is 1.80. The summed E-state index contributed by atoms with van der Waals surface area (Å²) in [4.78, 5) is 6.38. The summed E-state index contributed by atoms with van der Waals surface area (Å²) >= 11 is 0. The third-order valence-electron chi connectivity index (χ3n) is 3.33. The Morgan fingerprint density at radius 2 is 2.21 bits per heavy atom. The van der Waals surface area contributed by atoms with Gasteiger partial charge in [-0.05, 0) is 19.0 Å². The summed E-state index contributed by atoms with van der Waals surface area (Å²) in [6.07, 6.45) is 1.85. The van der Waals surface area contributed by atoms with Crippen LogP contribution in [0.2, 0.25) is 0 Å². The van der Waals surface area contributed by atoms with Crippen LogP contribution in [0.25, 0.3) is 11.6 Å². The average Bonchev–Trinajstić information content (AvgIpc) is 2.97. The molecular weight excluding hydrogens is 246 g/mol. The van der Waals surface area contributed by atoms with Crippen LogP contribution < -0.4 is 10.2 Å². The van der Waals surface area contributed by atoms with E-state index >= 15 is 0 Å². The molecule has 3 rings (SSSR count). The molecule has 3 heterocycles. The van der Waals surface area contributed by atoms with E-state index in [4.69, 9.17) is 4.52 Å². The van der Waals surface area contributed by atoms with E-state index < -0.39 is 0 Å². The number of hydrogen-bond acceptors (Lipinski definition) is 7. The van der Waals surface area contributed by atoms with Crippen molar-refractivity contribution in [1.82, 2.24) is 30.5 Å². The second-order valence-electron chi connectivity index (χ2n) is 4.47. The van der Waals surface area contributed by atoms with Gasteiger partial charge < -0.3 is 14.7 Å². The standard InChI is InChI=1S/C11H17N7O/c1-3-17(4-2)11-13-10(19-15-11)9-7-18(16-14-9)8-5-12-6-8/h7-8,12H,3-6H2,1-2H3. The van der Waals surface area contributed by atoms with E-state index in [2.05, 4.69) is 39.6 Å². The van der Waals surface area contributed by atoms with Gasteiger partial charge in [0.05, 0.1) is 12.2 Å². The van der Waals surface area contributed by atoms with Crippen LogP contribution in [0.1, 0.15) is 19.9 Å². The van der Waals surface area contributed by atoms with Crippen molar-refractivity contribution in [2.75, 3.05) is 31.1 Å². The second-order valence-corrected chi connectivity index (χ2v) is 4.47. The van der Waals surface area contributed by atoms with E-state index in [1.54, 1.807) is 0 Å². The highest BCUT2D eigenvalue weighted by Crippen LogP contribution is 2.19. The van der Waals surface area contributed by atoms with Gasteiger partial charge in [0.15, 0.2) is 5.69 Å². The average molecular weight is 263 g/mol. The van der Waals surface area contributed by atoms with Crippen molar-refractivity contribution in [3.8, 4) is 11.6 Å². The first-order valence-corrected chi connectivity index (χ1v) is 6.53. The summed E-state index contributed by atoms with van der Waals surface area (Å²) < 4.78 is 7.09. The Labute approximate surface area is 110 Å².